The van der Waals surface area contributed by atoms with Gasteiger partial charge in [-0.25, -0.2) is 4.68 Å². The number of aryl methyl sites for hydroxylation is 1. The zero-order valence-electron chi connectivity index (χ0n) is 16.8. The fourth-order valence-electron chi connectivity index (χ4n) is 2.87. The number of amides is 1. The van der Waals surface area contributed by atoms with Crippen LogP contribution in [0.4, 0.5) is 5.69 Å². The van der Waals surface area contributed by atoms with E-state index in [0.717, 1.165) is 34.7 Å². The maximum atomic E-state index is 11.8. The molecule has 0 saturated carbocycles. The van der Waals surface area contributed by atoms with Crippen molar-refractivity contribution in [3.05, 3.63) is 54.1 Å². The zero-order valence-corrected chi connectivity index (χ0v) is 16.8. The summed E-state index contributed by atoms with van der Waals surface area (Å²) in [6.45, 7) is 7.92. The maximum Gasteiger partial charge on any atom is 0.336 e. The summed E-state index contributed by atoms with van der Waals surface area (Å²) in [6, 6.07) is 16.0. The number of carbonyl (C=O) groups excluding carboxylic acids is 1. The summed E-state index contributed by atoms with van der Waals surface area (Å²) in [6.07, 6.45) is 1.32. The number of ether oxygens (including phenoxy) is 1. The van der Waals surface area contributed by atoms with Gasteiger partial charge in [-0.15, -0.1) is 5.10 Å². The molecule has 0 fully saturated rings. The van der Waals surface area contributed by atoms with Gasteiger partial charge in [0.25, 0.3) is 0 Å². The summed E-state index contributed by atoms with van der Waals surface area (Å²) in [5, 5.41) is 7.45. The van der Waals surface area contributed by atoms with Gasteiger partial charge in [-0.1, -0.05) is 31.2 Å². The first-order chi connectivity index (χ1) is 13.5. The molecule has 0 aliphatic carbocycles. The lowest BCUT2D eigenvalue weighted by Crippen LogP contribution is -2.10. The van der Waals surface area contributed by atoms with Crippen LogP contribution in [0.1, 0.15) is 39.2 Å². The van der Waals surface area contributed by atoms with Crippen LogP contribution in [-0.4, -0.2) is 26.8 Å². The molecule has 0 aliphatic rings. The summed E-state index contributed by atoms with van der Waals surface area (Å²) in [5.74, 6) is 0.737. The van der Waals surface area contributed by atoms with Crippen molar-refractivity contribution in [2.75, 3.05) is 5.32 Å². The predicted octanol–water partition coefficient (Wildman–Crippen LogP) is 4.77. The second kappa shape index (κ2) is 8.69. The second-order valence-corrected chi connectivity index (χ2v) is 6.96. The molecule has 6 nitrogen and oxygen atoms in total. The Labute approximate surface area is 165 Å². The molecule has 1 amide bonds. The van der Waals surface area contributed by atoms with Gasteiger partial charge >= 0.3 is 6.01 Å². The summed E-state index contributed by atoms with van der Waals surface area (Å²) < 4.78 is 7.50. The van der Waals surface area contributed by atoms with Gasteiger partial charge in [0, 0.05) is 17.7 Å². The molecule has 0 spiro atoms. The van der Waals surface area contributed by atoms with Gasteiger partial charge in [-0.2, -0.15) is 4.98 Å². The summed E-state index contributed by atoms with van der Waals surface area (Å²) in [7, 11) is 0. The van der Waals surface area contributed by atoms with E-state index in [1.807, 2.05) is 76.2 Å². The number of hydrogen-bond acceptors (Lipinski definition) is 4. The van der Waals surface area contributed by atoms with Crippen LogP contribution in [0, 0.1) is 6.92 Å². The molecule has 6 heteroatoms. The second-order valence-electron chi connectivity index (χ2n) is 6.96. The molecule has 3 rings (SSSR count). The number of aromatic nitrogens is 3. The Bertz CT molecular complexity index is 945. The molecule has 0 bridgehead atoms. The van der Waals surface area contributed by atoms with Crippen molar-refractivity contribution < 1.29 is 9.53 Å². The summed E-state index contributed by atoms with van der Waals surface area (Å²) >= 11 is 0. The SMILES string of the molecule is CCCC(=O)Nc1ccc(-n2nc(OC(C)C)nc2-c2ccccc2C)cc1. The molecular weight excluding hydrogens is 352 g/mol. The fourth-order valence-corrected chi connectivity index (χ4v) is 2.87. The average Bonchev–Trinajstić information content (AvgIpc) is 3.05. The van der Waals surface area contributed by atoms with Gasteiger partial charge in [0.05, 0.1) is 11.8 Å². The van der Waals surface area contributed by atoms with Gasteiger partial charge in [-0.05, 0) is 57.0 Å². The molecule has 2 aromatic carbocycles. The summed E-state index contributed by atoms with van der Waals surface area (Å²) in [5.41, 5.74) is 3.71. The first-order valence-electron chi connectivity index (χ1n) is 9.58. The van der Waals surface area contributed by atoms with Crippen LogP contribution in [0.2, 0.25) is 0 Å². The molecule has 1 heterocycles. The minimum Gasteiger partial charge on any atom is -0.460 e. The van der Waals surface area contributed by atoms with Gasteiger partial charge in [0.15, 0.2) is 5.82 Å². The van der Waals surface area contributed by atoms with E-state index in [-0.39, 0.29) is 12.0 Å². The maximum absolute atomic E-state index is 11.8. The van der Waals surface area contributed by atoms with Crippen LogP contribution in [0.5, 0.6) is 6.01 Å². The molecular formula is C22H26N4O2. The monoisotopic (exact) mass is 378 g/mol. The van der Waals surface area contributed by atoms with Gasteiger partial charge in [0.2, 0.25) is 5.91 Å². The van der Waals surface area contributed by atoms with Crippen LogP contribution in [-0.2, 0) is 4.79 Å². The van der Waals surface area contributed by atoms with Crippen molar-refractivity contribution in [2.24, 2.45) is 0 Å². The number of nitrogens with one attached hydrogen (secondary N) is 1. The zero-order chi connectivity index (χ0) is 20.1. The van der Waals surface area contributed by atoms with E-state index in [4.69, 9.17) is 4.74 Å². The quantitative estimate of drug-likeness (QED) is 0.643. The lowest BCUT2D eigenvalue weighted by atomic mass is 10.1. The van der Waals surface area contributed by atoms with Crippen LogP contribution in [0.3, 0.4) is 0 Å². The number of rotatable bonds is 7. The molecule has 1 aromatic heterocycles. The van der Waals surface area contributed by atoms with Crippen LogP contribution < -0.4 is 10.1 Å². The Morgan fingerprint density at radius 2 is 1.86 bits per heavy atom. The van der Waals surface area contributed by atoms with Crippen LogP contribution >= 0.6 is 0 Å². The van der Waals surface area contributed by atoms with E-state index in [2.05, 4.69) is 15.4 Å². The van der Waals surface area contributed by atoms with E-state index >= 15 is 0 Å². The highest BCUT2D eigenvalue weighted by molar-refractivity contribution is 5.90. The number of nitrogens with zero attached hydrogens (tertiary/aromatic N) is 3. The van der Waals surface area contributed by atoms with Crippen LogP contribution in [0.25, 0.3) is 17.1 Å². The van der Waals surface area contributed by atoms with Crippen molar-refractivity contribution in [3.63, 3.8) is 0 Å². The number of anilines is 1. The van der Waals surface area contributed by atoms with Crippen molar-refractivity contribution in [1.29, 1.82) is 0 Å². The average molecular weight is 378 g/mol. The Morgan fingerprint density at radius 3 is 2.50 bits per heavy atom. The molecule has 3 aromatic rings. The van der Waals surface area contributed by atoms with Crippen molar-refractivity contribution in [3.8, 4) is 23.1 Å². The Morgan fingerprint density at radius 1 is 1.14 bits per heavy atom. The molecule has 0 atom stereocenters. The molecule has 146 valence electrons. The highest BCUT2D eigenvalue weighted by Crippen LogP contribution is 2.27. The minimum atomic E-state index is -0.0169. The Balaban J connectivity index is 1.97. The van der Waals surface area contributed by atoms with E-state index in [1.165, 1.54) is 0 Å². The number of benzene rings is 2. The Kier molecular flexibility index (Phi) is 6.09. The standard InChI is InChI=1S/C22H26N4O2/c1-5-8-20(27)23-17-11-13-18(14-12-17)26-21(19-10-7-6-9-16(19)4)24-22(25-26)28-15(2)3/h6-7,9-15H,5,8H2,1-4H3,(H,23,27). The lowest BCUT2D eigenvalue weighted by Gasteiger charge is -2.09. The number of carbonyl (C=O) groups is 1. The first kappa shape index (κ1) is 19.6. The van der Waals surface area contributed by atoms with E-state index in [9.17, 15) is 4.79 Å². The predicted molar refractivity (Wildman–Crippen MR) is 111 cm³/mol. The van der Waals surface area contributed by atoms with Gasteiger partial charge in [0.1, 0.15) is 0 Å². The van der Waals surface area contributed by atoms with Crippen LogP contribution in [0.15, 0.2) is 48.5 Å². The largest absolute Gasteiger partial charge is 0.460 e. The highest BCUT2D eigenvalue weighted by atomic mass is 16.5. The number of hydrogen-bond donors (Lipinski definition) is 1. The lowest BCUT2D eigenvalue weighted by molar-refractivity contribution is -0.116. The molecule has 0 aliphatic heterocycles. The minimum absolute atomic E-state index is 0.0169. The smallest absolute Gasteiger partial charge is 0.336 e. The van der Waals surface area contributed by atoms with Crippen molar-refractivity contribution in [2.45, 2.75) is 46.6 Å². The normalized spacial score (nSPS) is 10.9. The van der Waals surface area contributed by atoms with Crippen molar-refractivity contribution in [1.82, 2.24) is 14.8 Å². The summed E-state index contributed by atoms with van der Waals surface area (Å²) in [4.78, 5) is 16.4. The van der Waals surface area contributed by atoms with E-state index < -0.39 is 0 Å². The third kappa shape index (κ3) is 4.57. The van der Waals surface area contributed by atoms with Gasteiger partial charge < -0.3 is 10.1 Å². The molecule has 0 unspecified atom stereocenters. The molecule has 28 heavy (non-hydrogen) atoms. The van der Waals surface area contributed by atoms with E-state index in [1.54, 1.807) is 4.68 Å². The molecule has 0 saturated heterocycles. The van der Waals surface area contributed by atoms with Crippen molar-refractivity contribution >= 4 is 11.6 Å². The molecule has 1 N–H and O–H groups in total. The van der Waals surface area contributed by atoms with E-state index in [0.29, 0.717) is 12.4 Å². The first-order valence-corrected chi connectivity index (χ1v) is 9.58. The topological polar surface area (TPSA) is 69.0 Å². The fraction of sp³-hybridized carbons (Fsp3) is 0.318. The Hall–Kier alpha value is -3.15. The third-order valence-corrected chi connectivity index (χ3v) is 4.19. The van der Waals surface area contributed by atoms with Gasteiger partial charge in [-0.3, -0.25) is 4.79 Å². The third-order valence-electron chi connectivity index (χ3n) is 4.19. The highest BCUT2D eigenvalue weighted by Gasteiger charge is 2.17. The molecule has 0 radical (unpaired) electrons.